The Labute approximate surface area is 163 Å². The summed E-state index contributed by atoms with van der Waals surface area (Å²) in [4.78, 5) is 21.2. The monoisotopic (exact) mass is 379 g/mol. The summed E-state index contributed by atoms with van der Waals surface area (Å²) in [6.45, 7) is 4.07. The highest BCUT2D eigenvalue weighted by Crippen LogP contribution is 2.26. The van der Waals surface area contributed by atoms with Crippen molar-refractivity contribution in [1.82, 2.24) is 9.97 Å². The highest BCUT2D eigenvalue weighted by Gasteiger charge is 2.13. The highest BCUT2D eigenvalue weighted by molar-refractivity contribution is 7.98. The van der Waals surface area contributed by atoms with Gasteiger partial charge in [0.05, 0.1) is 12.7 Å². The second kappa shape index (κ2) is 8.68. The first-order valence-corrected chi connectivity index (χ1v) is 9.50. The van der Waals surface area contributed by atoms with E-state index in [0.29, 0.717) is 22.2 Å². The average Bonchev–Trinajstić information content (AvgIpc) is 2.69. The van der Waals surface area contributed by atoms with Gasteiger partial charge in [0, 0.05) is 29.9 Å². The number of anilines is 1. The smallest absolute Gasteiger partial charge is 0.258 e. The molecular formula is C21H21N3O2S. The van der Waals surface area contributed by atoms with E-state index < -0.39 is 0 Å². The van der Waals surface area contributed by atoms with Crippen LogP contribution in [0.1, 0.15) is 27.0 Å². The molecule has 0 saturated carbocycles. The van der Waals surface area contributed by atoms with E-state index in [2.05, 4.69) is 15.3 Å². The number of rotatable bonds is 6. The Bertz CT molecular complexity index is 960. The Morgan fingerprint density at radius 2 is 1.93 bits per heavy atom. The lowest BCUT2D eigenvalue weighted by Crippen LogP contribution is -2.13. The quantitative estimate of drug-likeness (QED) is 0.632. The minimum absolute atomic E-state index is 0.166. The lowest BCUT2D eigenvalue weighted by atomic mass is 10.1. The molecule has 5 nitrogen and oxygen atoms in total. The van der Waals surface area contributed by atoms with Crippen LogP contribution in [0.25, 0.3) is 0 Å². The first-order valence-electron chi connectivity index (χ1n) is 8.52. The summed E-state index contributed by atoms with van der Waals surface area (Å²) in [7, 11) is 1.59. The number of carbonyl (C=O) groups is 1. The number of thioether (sulfide) groups is 1. The van der Waals surface area contributed by atoms with Gasteiger partial charge in [0.1, 0.15) is 5.03 Å². The van der Waals surface area contributed by atoms with Gasteiger partial charge in [-0.05, 0) is 60.9 Å². The van der Waals surface area contributed by atoms with E-state index in [9.17, 15) is 4.79 Å². The van der Waals surface area contributed by atoms with E-state index in [1.165, 1.54) is 17.3 Å². The molecular weight excluding hydrogens is 358 g/mol. The maximum atomic E-state index is 12.7. The SMILES string of the molecule is COc1cc(CSc2ncccc2C(=O)Nc2ccc(C)c(C)c2)ccn1. The van der Waals surface area contributed by atoms with E-state index in [4.69, 9.17) is 4.74 Å². The number of aryl methyl sites for hydroxylation is 2. The van der Waals surface area contributed by atoms with Gasteiger partial charge in [0.25, 0.3) is 5.91 Å². The third kappa shape index (κ3) is 4.86. The second-order valence-electron chi connectivity index (χ2n) is 6.10. The molecule has 3 rings (SSSR count). The Kier molecular flexibility index (Phi) is 6.08. The van der Waals surface area contributed by atoms with Gasteiger partial charge in [-0.3, -0.25) is 4.79 Å². The Hall–Kier alpha value is -2.86. The summed E-state index contributed by atoms with van der Waals surface area (Å²) >= 11 is 1.51. The van der Waals surface area contributed by atoms with Gasteiger partial charge >= 0.3 is 0 Å². The van der Waals surface area contributed by atoms with E-state index in [-0.39, 0.29) is 5.91 Å². The molecule has 0 saturated heterocycles. The zero-order chi connectivity index (χ0) is 19.2. The van der Waals surface area contributed by atoms with Crippen LogP contribution >= 0.6 is 11.8 Å². The van der Waals surface area contributed by atoms with Crippen LogP contribution in [0, 0.1) is 13.8 Å². The molecule has 1 aromatic carbocycles. The van der Waals surface area contributed by atoms with Crippen molar-refractivity contribution < 1.29 is 9.53 Å². The van der Waals surface area contributed by atoms with Crippen molar-refractivity contribution in [3.8, 4) is 5.88 Å². The van der Waals surface area contributed by atoms with E-state index in [0.717, 1.165) is 16.8 Å². The highest BCUT2D eigenvalue weighted by atomic mass is 32.2. The minimum atomic E-state index is -0.166. The zero-order valence-electron chi connectivity index (χ0n) is 15.5. The average molecular weight is 379 g/mol. The fourth-order valence-corrected chi connectivity index (χ4v) is 3.43. The number of hydrogen-bond acceptors (Lipinski definition) is 5. The van der Waals surface area contributed by atoms with Crippen LogP contribution in [0.5, 0.6) is 5.88 Å². The molecule has 6 heteroatoms. The van der Waals surface area contributed by atoms with E-state index in [1.54, 1.807) is 31.6 Å². The number of amides is 1. The number of ether oxygens (including phenoxy) is 1. The number of methoxy groups -OCH3 is 1. The second-order valence-corrected chi connectivity index (χ2v) is 7.07. The summed E-state index contributed by atoms with van der Waals surface area (Å²) < 4.78 is 5.15. The third-order valence-electron chi connectivity index (χ3n) is 4.16. The van der Waals surface area contributed by atoms with Crippen LogP contribution < -0.4 is 10.1 Å². The van der Waals surface area contributed by atoms with Crippen LogP contribution in [0.4, 0.5) is 5.69 Å². The predicted octanol–water partition coefficient (Wildman–Crippen LogP) is 4.65. The van der Waals surface area contributed by atoms with E-state index in [1.807, 2.05) is 44.2 Å². The molecule has 3 aromatic rings. The van der Waals surface area contributed by atoms with Crippen molar-refractivity contribution in [3.63, 3.8) is 0 Å². The van der Waals surface area contributed by atoms with Crippen LogP contribution in [0.3, 0.4) is 0 Å². The Morgan fingerprint density at radius 3 is 2.70 bits per heavy atom. The lowest BCUT2D eigenvalue weighted by Gasteiger charge is -2.10. The molecule has 0 fully saturated rings. The summed E-state index contributed by atoms with van der Waals surface area (Å²) in [5, 5.41) is 3.65. The molecule has 1 amide bonds. The lowest BCUT2D eigenvalue weighted by molar-refractivity contribution is 0.102. The fourth-order valence-electron chi connectivity index (χ4n) is 2.50. The topological polar surface area (TPSA) is 64.1 Å². The minimum Gasteiger partial charge on any atom is -0.481 e. The van der Waals surface area contributed by atoms with Gasteiger partial charge in [-0.1, -0.05) is 6.07 Å². The molecule has 0 bridgehead atoms. The summed E-state index contributed by atoms with van der Waals surface area (Å²) in [5.74, 6) is 1.07. The summed E-state index contributed by atoms with van der Waals surface area (Å²) in [6, 6.07) is 13.2. The van der Waals surface area contributed by atoms with Gasteiger partial charge in [0.2, 0.25) is 5.88 Å². The van der Waals surface area contributed by atoms with Gasteiger partial charge in [-0.25, -0.2) is 9.97 Å². The van der Waals surface area contributed by atoms with Gasteiger partial charge in [0.15, 0.2) is 0 Å². The first-order chi connectivity index (χ1) is 13.1. The van der Waals surface area contributed by atoms with Crippen molar-refractivity contribution in [2.45, 2.75) is 24.6 Å². The van der Waals surface area contributed by atoms with Crippen molar-refractivity contribution in [3.05, 3.63) is 77.1 Å². The maximum absolute atomic E-state index is 12.7. The van der Waals surface area contributed by atoms with E-state index >= 15 is 0 Å². The number of benzene rings is 1. The van der Waals surface area contributed by atoms with Gasteiger partial charge in [-0.2, -0.15) is 0 Å². The predicted molar refractivity (Wildman–Crippen MR) is 108 cm³/mol. The molecule has 0 aliphatic rings. The maximum Gasteiger partial charge on any atom is 0.258 e. The first kappa shape index (κ1) is 18.9. The molecule has 138 valence electrons. The number of pyridine rings is 2. The van der Waals surface area contributed by atoms with Crippen molar-refractivity contribution in [1.29, 1.82) is 0 Å². The molecule has 0 atom stereocenters. The van der Waals surface area contributed by atoms with Gasteiger partial charge in [-0.15, -0.1) is 11.8 Å². The molecule has 2 aromatic heterocycles. The number of carbonyl (C=O) groups excluding carboxylic acids is 1. The molecule has 0 aliphatic carbocycles. The fraction of sp³-hybridized carbons (Fsp3) is 0.190. The summed E-state index contributed by atoms with van der Waals surface area (Å²) in [6.07, 6.45) is 3.41. The molecule has 27 heavy (non-hydrogen) atoms. The van der Waals surface area contributed by atoms with Crippen LogP contribution in [0.2, 0.25) is 0 Å². The van der Waals surface area contributed by atoms with Crippen molar-refractivity contribution in [2.75, 3.05) is 12.4 Å². The molecule has 0 unspecified atom stereocenters. The molecule has 2 heterocycles. The summed E-state index contributed by atoms with van der Waals surface area (Å²) in [5.41, 5.74) is 4.72. The largest absolute Gasteiger partial charge is 0.481 e. The van der Waals surface area contributed by atoms with Crippen molar-refractivity contribution in [2.24, 2.45) is 0 Å². The number of hydrogen-bond donors (Lipinski definition) is 1. The third-order valence-corrected chi connectivity index (χ3v) is 5.24. The van der Waals surface area contributed by atoms with Crippen LogP contribution in [-0.4, -0.2) is 23.0 Å². The normalized spacial score (nSPS) is 10.5. The molecule has 0 spiro atoms. The number of nitrogens with zero attached hydrogens (tertiary/aromatic N) is 2. The molecule has 0 aliphatic heterocycles. The van der Waals surface area contributed by atoms with Crippen molar-refractivity contribution >= 4 is 23.4 Å². The zero-order valence-corrected chi connectivity index (χ0v) is 16.3. The van der Waals surface area contributed by atoms with Crippen LogP contribution in [0.15, 0.2) is 59.9 Å². The number of aromatic nitrogens is 2. The Balaban J connectivity index is 1.74. The standard InChI is InChI=1S/C21H21N3O2S/c1-14-6-7-17(11-15(14)2)24-20(25)18-5-4-9-23-21(18)27-13-16-8-10-22-19(12-16)26-3/h4-12H,13H2,1-3H3,(H,24,25). The molecule has 0 radical (unpaired) electrons. The van der Waals surface area contributed by atoms with Crippen LogP contribution in [-0.2, 0) is 5.75 Å². The Morgan fingerprint density at radius 1 is 1.07 bits per heavy atom. The van der Waals surface area contributed by atoms with Gasteiger partial charge < -0.3 is 10.1 Å². The number of nitrogens with one attached hydrogen (secondary N) is 1. The molecule has 1 N–H and O–H groups in total.